The molecule has 0 spiro atoms. The zero-order valence-electron chi connectivity index (χ0n) is 18.7. The first kappa shape index (κ1) is 23.1. The van der Waals surface area contributed by atoms with Crippen molar-refractivity contribution in [2.24, 2.45) is 0 Å². The number of aromatic nitrogens is 2. The SMILES string of the molecule is CCOc1ccc(Br)cc1S(=O)(=O)Nc1nc2ccccc2nc1Nc1cccc2ccccc12. The van der Waals surface area contributed by atoms with Crippen molar-refractivity contribution in [3.63, 3.8) is 0 Å². The van der Waals surface area contributed by atoms with Crippen molar-refractivity contribution in [2.75, 3.05) is 16.6 Å². The van der Waals surface area contributed by atoms with Crippen LogP contribution in [0.2, 0.25) is 0 Å². The predicted molar refractivity (Wildman–Crippen MR) is 143 cm³/mol. The van der Waals surface area contributed by atoms with Gasteiger partial charge in [-0.1, -0.05) is 64.5 Å². The van der Waals surface area contributed by atoms with Gasteiger partial charge >= 0.3 is 0 Å². The Morgan fingerprint density at radius 3 is 2.31 bits per heavy atom. The largest absolute Gasteiger partial charge is 0.492 e. The van der Waals surface area contributed by atoms with Gasteiger partial charge < -0.3 is 10.1 Å². The predicted octanol–water partition coefficient (Wildman–Crippen LogP) is 6.49. The molecule has 5 aromatic rings. The highest BCUT2D eigenvalue weighted by atomic mass is 79.9. The quantitative estimate of drug-likeness (QED) is 0.241. The summed E-state index contributed by atoms with van der Waals surface area (Å²) >= 11 is 3.35. The molecule has 5 rings (SSSR count). The number of halogens is 1. The summed E-state index contributed by atoms with van der Waals surface area (Å²) in [7, 11) is -4.06. The Morgan fingerprint density at radius 1 is 0.857 bits per heavy atom. The summed E-state index contributed by atoms with van der Waals surface area (Å²) in [5.74, 6) is 0.621. The molecule has 0 aliphatic carbocycles. The lowest BCUT2D eigenvalue weighted by Crippen LogP contribution is -2.17. The second kappa shape index (κ2) is 9.52. The first-order chi connectivity index (χ1) is 16.9. The van der Waals surface area contributed by atoms with Crippen LogP contribution in [-0.2, 0) is 10.0 Å². The lowest BCUT2D eigenvalue weighted by atomic mass is 10.1. The summed E-state index contributed by atoms with van der Waals surface area (Å²) < 4.78 is 35.8. The fourth-order valence-corrected chi connectivity index (χ4v) is 5.46. The van der Waals surface area contributed by atoms with Crippen LogP contribution < -0.4 is 14.8 Å². The molecule has 9 heteroatoms. The molecule has 1 aromatic heterocycles. The normalized spacial score (nSPS) is 11.5. The van der Waals surface area contributed by atoms with E-state index in [1.807, 2.05) is 60.7 Å². The van der Waals surface area contributed by atoms with Crippen LogP contribution in [0, 0.1) is 0 Å². The highest BCUT2D eigenvalue weighted by Gasteiger charge is 2.23. The first-order valence-corrected chi connectivity index (χ1v) is 13.2. The van der Waals surface area contributed by atoms with Crippen LogP contribution in [0.15, 0.2) is 94.3 Å². The van der Waals surface area contributed by atoms with E-state index >= 15 is 0 Å². The van der Waals surface area contributed by atoms with Gasteiger partial charge in [0.1, 0.15) is 10.6 Å². The number of para-hydroxylation sites is 2. The van der Waals surface area contributed by atoms with Gasteiger partial charge in [-0.2, -0.15) is 0 Å². The van der Waals surface area contributed by atoms with Crippen molar-refractivity contribution in [1.82, 2.24) is 9.97 Å². The standard InChI is InChI=1S/C26H21BrN4O3S/c1-2-34-23-15-14-18(27)16-24(23)35(32,33)31-26-25(29-21-11-5-6-12-22(21)30-26)28-20-13-7-9-17-8-3-4-10-19(17)20/h3-16H,2H2,1H3,(H,28,29)(H,30,31). The van der Waals surface area contributed by atoms with Gasteiger partial charge in [-0.3, -0.25) is 4.72 Å². The van der Waals surface area contributed by atoms with E-state index in [9.17, 15) is 8.42 Å². The monoisotopic (exact) mass is 548 g/mol. The second-order valence-corrected chi connectivity index (χ2v) is 10.3. The number of benzene rings is 4. The van der Waals surface area contributed by atoms with Crippen molar-refractivity contribution < 1.29 is 13.2 Å². The van der Waals surface area contributed by atoms with Gasteiger partial charge in [-0.05, 0) is 48.7 Å². The average molecular weight is 549 g/mol. The summed E-state index contributed by atoms with van der Waals surface area (Å²) in [6.45, 7) is 2.13. The second-order valence-electron chi connectivity index (χ2n) is 7.69. The summed E-state index contributed by atoms with van der Waals surface area (Å²) in [6, 6.07) is 25.9. The fraction of sp³-hybridized carbons (Fsp3) is 0.0769. The minimum absolute atomic E-state index is 0.000190. The zero-order valence-corrected chi connectivity index (χ0v) is 21.1. The first-order valence-electron chi connectivity index (χ1n) is 10.9. The average Bonchev–Trinajstić information content (AvgIpc) is 2.85. The van der Waals surface area contributed by atoms with Crippen LogP contribution in [0.5, 0.6) is 5.75 Å². The Hall–Kier alpha value is -3.69. The summed E-state index contributed by atoms with van der Waals surface area (Å²) in [4.78, 5) is 9.28. The molecule has 1 heterocycles. The number of hydrogen-bond donors (Lipinski definition) is 2. The third-order valence-electron chi connectivity index (χ3n) is 5.34. The molecule has 0 aliphatic heterocycles. The lowest BCUT2D eigenvalue weighted by molar-refractivity contribution is 0.331. The Labute approximate surface area is 211 Å². The number of fused-ring (bicyclic) bond motifs is 2. The van der Waals surface area contributed by atoms with E-state index in [1.165, 1.54) is 6.07 Å². The van der Waals surface area contributed by atoms with E-state index < -0.39 is 10.0 Å². The molecule has 2 N–H and O–H groups in total. The van der Waals surface area contributed by atoms with Gasteiger partial charge in [0, 0.05) is 15.5 Å². The summed E-state index contributed by atoms with van der Waals surface area (Å²) in [6.07, 6.45) is 0. The van der Waals surface area contributed by atoms with E-state index in [-0.39, 0.29) is 22.3 Å². The molecule has 7 nitrogen and oxygen atoms in total. The molecular formula is C26H21BrN4O3S. The lowest BCUT2D eigenvalue weighted by Gasteiger charge is -2.16. The van der Waals surface area contributed by atoms with Gasteiger partial charge in [-0.25, -0.2) is 18.4 Å². The van der Waals surface area contributed by atoms with Crippen molar-refractivity contribution in [3.05, 3.63) is 89.4 Å². The van der Waals surface area contributed by atoms with E-state index in [0.29, 0.717) is 22.1 Å². The Bertz CT molecular complexity index is 1650. The summed E-state index contributed by atoms with van der Waals surface area (Å²) in [5.41, 5.74) is 1.98. The minimum Gasteiger partial charge on any atom is -0.492 e. The molecular weight excluding hydrogens is 528 g/mol. The summed E-state index contributed by atoms with van der Waals surface area (Å²) in [5, 5.41) is 5.31. The van der Waals surface area contributed by atoms with Crippen molar-refractivity contribution >= 4 is 65.1 Å². The topological polar surface area (TPSA) is 93.2 Å². The third-order valence-corrected chi connectivity index (χ3v) is 7.19. The minimum atomic E-state index is -4.06. The molecule has 0 aliphatic rings. The molecule has 0 bridgehead atoms. The number of ether oxygens (including phenoxy) is 1. The van der Waals surface area contributed by atoms with Crippen LogP contribution in [0.3, 0.4) is 0 Å². The number of rotatable bonds is 7. The molecule has 0 radical (unpaired) electrons. The van der Waals surface area contributed by atoms with Crippen molar-refractivity contribution in [3.8, 4) is 5.75 Å². The number of nitrogens with zero attached hydrogens (tertiary/aromatic N) is 2. The van der Waals surface area contributed by atoms with E-state index in [2.05, 4.69) is 31.0 Å². The molecule has 0 amide bonds. The fourth-order valence-electron chi connectivity index (χ4n) is 3.77. The van der Waals surface area contributed by atoms with Gasteiger partial charge in [0.05, 0.1) is 17.6 Å². The zero-order chi connectivity index (χ0) is 24.4. The maximum absolute atomic E-state index is 13.5. The molecule has 0 unspecified atom stereocenters. The van der Waals surface area contributed by atoms with E-state index in [1.54, 1.807) is 25.1 Å². The highest BCUT2D eigenvalue weighted by Crippen LogP contribution is 2.33. The molecule has 4 aromatic carbocycles. The number of anilines is 3. The van der Waals surface area contributed by atoms with Gasteiger partial charge in [0.2, 0.25) is 0 Å². The van der Waals surface area contributed by atoms with Gasteiger partial charge in [-0.15, -0.1) is 0 Å². The molecule has 0 saturated carbocycles. The van der Waals surface area contributed by atoms with Gasteiger partial charge in [0.25, 0.3) is 10.0 Å². The van der Waals surface area contributed by atoms with Crippen LogP contribution in [0.25, 0.3) is 21.8 Å². The maximum Gasteiger partial charge on any atom is 0.266 e. The van der Waals surface area contributed by atoms with Crippen LogP contribution in [-0.4, -0.2) is 25.0 Å². The van der Waals surface area contributed by atoms with E-state index in [0.717, 1.165) is 16.5 Å². The number of hydrogen-bond acceptors (Lipinski definition) is 6. The van der Waals surface area contributed by atoms with E-state index in [4.69, 9.17) is 9.72 Å². The Balaban J connectivity index is 1.62. The maximum atomic E-state index is 13.5. The third kappa shape index (κ3) is 4.78. The van der Waals surface area contributed by atoms with Crippen molar-refractivity contribution in [1.29, 1.82) is 0 Å². The van der Waals surface area contributed by atoms with Gasteiger partial charge in [0.15, 0.2) is 11.6 Å². The molecule has 35 heavy (non-hydrogen) atoms. The molecule has 176 valence electrons. The molecule has 0 atom stereocenters. The number of nitrogens with one attached hydrogen (secondary N) is 2. The highest BCUT2D eigenvalue weighted by molar-refractivity contribution is 9.10. The smallest absolute Gasteiger partial charge is 0.266 e. The van der Waals surface area contributed by atoms with Crippen LogP contribution in [0.1, 0.15) is 6.92 Å². The Morgan fingerprint density at radius 2 is 1.54 bits per heavy atom. The van der Waals surface area contributed by atoms with Crippen LogP contribution >= 0.6 is 15.9 Å². The van der Waals surface area contributed by atoms with Crippen molar-refractivity contribution in [2.45, 2.75) is 11.8 Å². The van der Waals surface area contributed by atoms with Crippen LogP contribution in [0.4, 0.5) is 17.3 Å². The number of sulfonamides is 1. The molecule has 0 fully saturated rings. The molecule has 0 saturated heterocycles. The Kier molecular flexibility index (Phi) is 6.27.